The van der Waals surface area contributed by atoms with Gasteiger partial charge in [-0.15, -0.1) is 0 Å². The van der Waals surface area contributed by atoms with Gasteiger partial charge in [0.1, 0.15) is 6.61 Å². The van der Waals surface area contributed by atoms with E-state index in [0.29, 0.717) is 12.4 Å². The van der Waals surface area contributed by atoms with Gasteiger partial charge in [0.2, 0.25) is 0 Å². The van der Waals surface area contributed by atoms with Crippen LogP contribution in [0.2, 0.25) is 0 Å². The molecule has 0 aromatic carbocycles. The molecule has 1 aliphatic heterocycles. The van der Waals surface area contributed by atoms with E-state index in [1.165, 1.54) is 6.92 Å². The summed E-state index contributed by atoms with van der Waals surface area (Å²) in [6, 6.07) is 0.159. The first kappa shape index (κ1) is 8.04. The van der Waals surface area contributed by atoms with Gasteiger partial charge in [-0.2, -0.15) is 0 Å². The van der Waals surface area contributed by atoms with Crippen molar-refractivity contribution in [3.05, 3.63) is 0 Å². The molecule has 2 N–H and O–H groups in total. The lowest BCUT2D eigenvalue weighted by molar-refractivity contribution is -0.141. The Morgan fingerprint density at radius 2 is 2.64 bits per heavy atom. The van der Waals surface area contributed by atoms with Gasteiger partial charge in [0.25, 0.3) is 0 Å². The molecule has 4 nitrogen and oxygen atoms in total. The topological polar surface area (TPSA) is 62.2 Å². The number of hydrogen-bond acceptors (Lipinski definition) is 3. The number of nitrogens with one attached hydrogen (secondary N) is 2. The number of amidine groups is 1. The standard InChI is InChI=1S/C7H12N2O2/c1-5(10)11-4-6-2-3-7(8)9-6/h6H,2-4H2,1H3,(H2,8,9)/t6-/m1/s1. The van der Waals surface area contributed by atoms with E-state index < -0.39 is 0 Å². The van der Waals surface area contributed by atoms with Crippen molar-refractivity contribution in [2.45, 2.75) is 25.8 Å². The molecule has 0 amide bonds. The van der Waals surface area contributed by atoms with E-state index in [0.717, 1.165) is 12.8 Å². The Bertz CT molecular complexity index is 179. The maximum Gasteiger partial charge on any atom is 0.302 e. The summed E-state index contributed by atoms with van der Waals surface area (Å²) >= 11 is 0. The Kier molecular flexibility index (Phi) is 2.46. The molecule has 0 unspecified atom stereocenters. The Balaban J connectivity index is 2.18. The van der Waals surface area contributed by atoms with Crippen LogP contribution in [0.4, 0.5) is 0 Å². The van der Waals surface area contributed by atoms with E-state index in [1.807, 2.05) is 0 Å². The van der Waals surface area contributed by atoms with Crippen LogP contribution in [0, 0.1) is 5.41 Å². The third-order valence-electron chi connectivity index (χ3n) is 1.61. The predicted molar refractivity (Wildman–Crippen MR) is 40.5 cm³/mol. The second kappa shape index (κ2) is 3.37. The Morgan fingerprint density at radius 3 is 3.09 bits per heavy atom. The molecular weight excluding hydrogens is 144 g/mol. The predicted octanol–water partition coefficient (Wildman–Crippen LogP) is 0.279. The lowest BCUT2D eigenvalue weighted by Crippen LogP contribution is -2.30. The second-order valence-electron chi connectivity index (χ2n) is 2.66. The first-order chi connectivity index (χ1) is 5.18. The highest BCUT2D eigenvalue weighted by Gasteiger charge is 2.18. The first-order valence-corrected chi connectivity index (χ1v) is 3.66. The summed E-state index contributed by atoms with van der Waals surface area (Å²) in [4.78, 5) is 10.4. The van der Waals surface area contributed by atoms with Crippen molar-refractivity contribution < 1.29 is 9.53 Å². The van der Waals surface area contributed by atoms with E-state index in [-0.39, 0.29) is 12.0 Å². The molecule has 1 saturated heterocycles. The molecule has 4 heteroatoms. The van der Waals surface area contributed by atoms with Crippen molar-refractivity contribution in [3.63, 3.8) is 0 Å². The molecule has 1 fully saturated rings. The van der Waals surface area contributed by atoms with Gasteiger partial charge in [0.15, 0.2) is 0 Å². The molecule has 0 radical (unpaired) electrons. The number of carbonyl (C=O) groups excluding carboxylic acids is 1. The SMILES string of the molecule is CC(=O)OC[C@H]1CCC(=N)N1. The van der Waals surface area contributed by atoms with E-state index in [4.69, 9.17) is 10.1 Å². The van der Waals surface area contributed by atoms with Crippen LogP contribution in [0.25, 0.3) is 0 Å². The fourth-order valence-corrected chi connectivity index (χ4v) is 1.05. The lowest BCUT2D eigenvalue weighted by Gasteiger charge is -2.09. The molecule has 0 aromatic heterocycles. The molecule has 1 atom stereocenters. The number of ether oxygens (including phenoxy) is 1. The largest absolute Gasteiger partial charge is 0.464 e. The van der Waals surface area contributed by atoms with Gasteiger partial charge in [0.05, 0.1) is 11.9 Å². The van der Waals surface area contributed by atoms with Crippen molar-refractivity contribution in [3.8, 4) is 0 Å². The molecule has 0 saturated carbocycles. The smallest absolute Gasteiger partial charge is 0.302 e. The molecule has 0 aromatic rings. The Hall–Kier alpha value is -1.06. The molecule has 0 aliphatic carbocycles. The van der Waals surface area contributed by atoms with Crippen molar-refractivity contribution >= 4 is 11.8 Å². The maximum absolute atomic E-state index is 10.4. The molecule has 0 bridgehead atoms. The highest BCUT2D eigenvalue weighted by Crippen LogP contribution is 2.06. The molecule has 1 rings (SSSR count). The summed E-state index contributed by atoms with van der Waals surface area (Å²) < 4.78 is 4.78. The molecule has 1 heterocycles. The highest BCUT2D eigenvalue weighted by atomic mass is 16.5. The molecule has 0 spiro atoms. The summed E-state index contributed by atoms with van der Waals surface area (Å²) in [6.07, 6.45) is 1.66. The zero-order valence-electron chi connectivity index (χ0n) is 6.52. The van der Waals surface area contributed by atoms with Gasteiger partial charge in [-0.25, -0.2) is 0 Å². The first-order valence-electron chi connectivity index (χ1n) is 3.66. The van der Waals surface area contributed by atoms with Crippen LogP contribution in [0.3, 0.4) is 0 Å². The van der Waals surface area contributed by atoms with Crippen LogP contribution in [0.1, 0.15) is 19.8 Å². The van der Waals surface area contributed by atoms with Crippen molar-refractivity contribution in [1.82, 2.24) is 5.32 Å². The number of hydrogen-bond donors (Lipinski definition) is 2. The van der Waals surface area contributed by atoms with Gasteiger partial charge in [-0.05, 0) is 6.42 Å². The van der Waals surface area contributed by atoms with E-state index >= 15 is 0 Å². The Labute approximate surface area is 65.4 Å². The molecule has 11 heavy (non-hydrogen) atoms. The van der Waals surface area contributed by atoms with E-state index in [2.05, 4.69) is 5.32 Å². The van der Waals surface area contributed by atoms with Crippen molar-refractivity contribution in [2.75, 3.05) is 6.61 Å². The van der Waals surface area contributed by atoms with Crippen LogP contribution >= 0.6 is 0 Å². The van der Waals surface area contributed by atoms with E-state index in [9.17, 15) is 4.79 Å². The van der Waals surface area contributed by atoms with Gasteiger partial charge >= 0.3 is 5.97 Å². The minimum absolute atomic E-state index is 0.159. The molecule has 62 valence electrons. The molecule has 1 aliphatic rings. The number of rotatable bonds is 2. The second-order valence-corrected chi connectivity index (χ2v) is 2.66. The van der Waals surface area contributed by atoms with Crippen LogP contribution in [-0.4, -0.2) is 24.5 Å². The van der Waals surface area contributed by atoms with Crippen LogP contribution in [0.5, 0.6) is 0 Å². The van der Waals surface area contributed by atoms with Gasteiger partial charge in [0, 0.05) is 13.3 Å². The summed E-state index contributed by atoms with van der Waals surface area (Å²) in [5.41, 5.74) is 0. The third kappa shape index (κ3) is 2.57. The zero-order chi connectivity index (χ0) is 8.27. The zero-order valence-corrected chi connectivity index (χ0v) is 6.52. The number of carbonyl (C=O) groups is 1. The van der Waals surface area contributed by atoms with Crippen LogP contribution in [-0.2, 0) is 9.53 Å². The van der Waals surface area contributed by atoms with E-state index in [1.54, 1.807) is 0 Å². The fraction of sp³-hybridized carbons (Fsp3) is 0.714. The normalized spacial score (nSPS) is 23.0. The van der Waals surface area contributed by atoms with Crippen molar-refractivity contribution in [2.24, 2.45) is 0 Å². The van der Waals surface area contributed by atoms with Gasteiger partial charge < -0.3 is 10.1 Å². The number of esters is 1. The van der Waals surface area contributed by atoms with Gasteiger partial charge in [-0.1, -0.05) is 0 Å². The summed E-state index contributed by atoms with van der Waals surface area (Å²) in [5.74, 6) is 0.285. The lowest BCUT2D eigenvalue weighted by atomic mass is 10.2. The minimum atomic E-state index is -0.259. The monoisotopic (exact) mass is 156 g/mol. The fourth-order valence-electron chi connectivity index (χ4n) is 1.05. The summed E-state index contributed by atoms with van der Waals surface area (Å²) in [6.45, 7) is 1.78. The third-order valence-corrected chi connectivity index (χ3v) is 1.61. The summed E-state index contributed by atoms with van der Waals surface area (Å²) in [5, 5.41) is 10.1. The molecular formula is C7H12N2O2. The Morgan fingerprint density at radius 1 is 1.91 bits per heavy atom. The average molecular weight is 156 g/mol. The average Bonchev–Trinajstić information content (AvgIpc) is 2.31. The van der Waals surface area contributed by atoms with Crippen LogP contribution < -0.4 is 5.32 Å². The van der Waals surface area contributed by atoms with Gasteiger partial charge in [-0.3, -0.25) is 10.2 Å². The highest BCUT2D eigenvalue weighted by molar-refractivity contribution is 5.81. The quantitative estimate of drug-likeness (QED) is 0.564. The minimum Gasteiger partial charge on any atom is -0.464 e. The summed E-state index contributed by atoms with van der Waals surface area (Å²) in [7, 11) is 0. The van der Waals surface area contributed by atoms with Crippen molar-refractivity contribution in [1.29, 1.82) is 5.41 Å². The van der Waals surface area contributed by atoms with Crippen LogP contribution in [0.15, 0.2) is 0 Å². The maximum atomic E-state index is 10.4.